The third-order valence-corrected chi connectivity index (χ3v) is 4.04. The highest BCUT2D eigenvalue weighted by Crippen LogP contribution is 2.30. The van der Waals surface area contributed by atoms with Gasteiger partial charge in [-0.1, -0.05) is 13.8 Å². The molecule has 1 saturated heterocycles. The molecule has 0 bridgehead atoms. The Balaban J connectivity index is 2.14. The van der Waals surface area contributed by atoms with Crippen LogP contribution in [0.4, 0.5) is 4.39 Å². The van der Waals surface area contributed by atoms with Crippen LogP contribution >= 0.6 is 0 Å². The molecule has 102 valence electrons. The maximum atomic E-state index is 13.5. The van der Waals surface area contributed by atoms with Crippen LogP contribution in [0.5, 0.6) is 0 Å². The molecule has 1 aromatic carbocycles. The largest absolute Gasteiger partial charge is 0.328 e. The standard InChI is InChI=1S/C15H20FN3/c1-3-6-19-14-7-11(16)4-5-13(14)18-15(19)12-9-17-8-10(12)2/h4-5,7,10,12,17H,3,6,8-9H2,1-2H3/t10-,12-/m1/s1. The zero-order chi connectivity index (χ0) is 13.4. The molecule has 1 aliphatic heterocycles. The lowest BCUT2D eigenvalue weighted by Crippen LogP contribution is -2.15. The summed E-state index contributed by atoms with van der Waals surface area (Å²) in [6.07, 6.45) is 1.03. The quantitative estimate of drug-likeness (QED) is 0.920. The first-order chi connectivity index (χ1) is 9.20. The first kappa shape index (κ1) is 12.6. The normalized spacial score (nSPS) is 23.3. The number of rotatable bonds is 3. The molecular formula is C15H20FN3. The summed E-state index contributed by atoms with van der Waals surface area (Å²) in [6, 6.07) is 4.88. The van der Waals surface area contributed by atoms with Crippen LogP contribution in [0, 0.1) is 11.7 Å². The predicted molar refractivity (Wildman–Crippen MR) is 74.8 cm³/mol. The summed E-state index contributed by atoms with van der Waals surface area (Å²) >= 11 is 0. The van der Waals surface area contributed by atoms with Crippen molar-refractivity contribution in [2.75, 3.05) is 13.1 Å². The molecule has 0 saturated carbocycles. The fourth-order valence-electron chi connectivity index (χ4n) is 3.01. The summed E-state index contributed by atoms with van der Waals surface area (Å²) in [5.41, 5.74) is 1.83. The Morgan fingerprint density at radius 1 is 1.42 bits per heavy atom. The van der Waals surface area contributed by atoms with Gasteiger partial charge in [0.1, 0.15) is 11.6 Å². The van der Waals surface area contributed by atoms with Crippen LogP contribution in [0.25, 0.3) is 11.0 Å². The minimum atomic E-state index is -0.186. The molecule has 0 aliphatic carbocycles. The van der Waals surface area contributed by atoms with Gasteiger partial charge in [0.15, 0.2) is 0 Å². The summed E-state index contributed by atoms with van der Waals surface area (Å²) in [5, 5.41) is 3.42. The second-order valence-electron chi connectivity index (χ2n) is 5.50. The topological polar surface area (TPSA) is 29.9 Å². The second-order valence-corrected chi connectivity index (χ2v) is 5.50. The van der Waals surface area contributed by atoms with Crippen LogP contribution in [-0.4, -0.2) is 22.6 Å². The summed E-state index contributed by atoms with van der Waals surface area (Å²) in [4.78, 5) is 4.76. The van der Waals surface area contributed by atoms with Crippen LogP contribution in [-0.2, 0) is 6.54 Å². The van der Waals surface area contributed by atoms with Crippen molar-refractivity contribution in [3.63, 3.8) is 0 Å². The summed E-state index contributed by atoms with van der Waals surface area (Å²) < 4.78 is 15.7. The van der Waals surface area contributed by atoms with Gasteiger partial charge >= 0.3 is 0 Å². The highest BCUT2D eigenvalue weighted by atomic mass is 19.1. The number of benzene rings is 1. The molecule has 1 N–H and O–H groups in total. The van der Waals surface area contributed by atoms with Gasteiger partial charge in [-0.25, -0.2) is 9.37 Å². The van der Waals surface area contributed by atoms with Crippen LogP contribution in [0.1, 0.15) is 32.0 Å². The molecule has 2 atom stereocenters. The van der Waals surface area contributed by atoms with Crippen molar-refractivity contribution in [3.8, 4) is 0 Å². The number of nitrogens with one attached hydrogen (secondary N) is 1. The molecule has 3 nitrogen and oxygen atoms in total. The average molecular weight is 261 g/mol. The minimum absolute atomic E-state index is 0.186. The number of halogens is 1. The van der Waals surface area contributed by atoms with E-state index in [1.807, 2.05) is 0 Å². The maximum absolute atomic E-state index is 13.5. The Morgan fingerprint density at radius 3 is 2.95 bits per heavy atom. The number of imidazole rings is 1. The Kier molecular flexibility index (Phi) is 3.27. The van der Waals surface area contributed by atoms with Crippen molar-refractivity contribution < 1.29 is 4.39 Å². The smallest absolute Gasteiger partial charge is 0.125 e. The van der Waals surface area contributed by atoms with Gasteiger partial charge in [-0.3, -0.25) is 0 Å². The molecule has 0 spiro atoms. The highest BCUT2D eigenvalue weighted by molar-refractivity contribution is 5.76. The number of hydrogen-bond acceptors (Lipinski definition) is 2. The average Bonchev–Trinajstić information content (AvgIpc) is 2.94. The Labute approximate surface area is 112 Å². The molecule has 1 fully saturated rings. The zero-order valence-electron chi connectivity index (χ0n) is 11.5. The van der Waals surface area contributed by atoms with Crippen molar-refractivity contribution in [3.05, 3.63) is 29.8 Å². The fourth-order valence-corrected chi connectivity index (χ4v) is 3.01. The van der Waals surface area contributed by atoms with Crippen molar-refractivity contribution >= 4 is 11.0 Å². The lowest BCUT2D eigenvalue weighted by molar-refractivity contribution is 0.513. The van der Waals surface area contributed by atoms with Gasteiger partial charge in [-0.15, -0.1) is 0 Å². The third kappa shape index (κ3) is 2.14. The van der Waals surface area contributed by atoms with Gasteiger partial charge in [-0.05, 0) is 37.1 Å². The highest BCUT2D eigenvalue weighted by Gasteiger charge is 2.29. The van der Waals surface area contributed by atoms with E-state index in [-0.39, 0.29) is 5.82 Å². The van der Waals surface area contributed by atoms with Gasteiger partial charge in [0, 0.05) is 19.0 Å². The number of fused-ring (bicyclic) bond motifs is 1. The van der Waals surface area contributed by atoms with Gasteiger partial charge < -0.3 is 9.88 Å². The monoisotopic (exact) mass is 261 g/mol. The van der Waals surface area contributed by atoms with Crippen molar-refractivity contribution in [2.24, 2.45) is 5.92 Å². The van der Waals surface area contributed by atoms with E-state index in [0.717, 1.165) is 42.9 Å². The van der Waals surface area contributed by atoms with E-state index >= 15 is 0 Å². The molecule has 2 aromatic rings. The SMILES string of the molecule is CCCn1c([C@@H]2CNC[C@H]2C)nc2ccc(F)cc21. The van der Waals surface area contributed by atoms with Crippen LogP contribution in [0.2, 0.25) is 0 Å². The van der Waals surface area contributed by atoms with Gasteiger partial charge in [-0.2, -0.15) is 0 Å². The van der Waals surface area contributed by atoms with E-state index < -0.39 is 0 Å². The zero-order valence-corrected chi connectivity index (χ0v) is 11.5. The molecular weight excluding hydrogens is 241 g/mol. The molecule has 0 radical (unpaired) electrons. The molecule has 1 aromatic heterocycles. The van der Waals surface area contributed by atoms with Gasteiger partial charge in [0.05, 0.1) is 11.0 Å². The van der Waals surface area contributed by atoms with Crippen LogP contribution < -0.4 is 5.32 Å². The molecule has 3 rings (SSSR count). The number of aryl methyl sites for hydroxylation is 1. The first-order valence-electron chi connectivity index (χ1n) is 7.07. The van der Waals surface area contributed by atoms with Crippen molar-refractivity contribution in [2.45, 2.75) is 32.7 Å². The van der Waals surface area contributed by atoms with Gasteiger partial charge in [0.25, 0.3) is 0 Å². The lowest BCUT2D eigenvalue weighted by atomic mass is 9.97. The summed E-state index contributed by atoms with van der Waals surface area (Å²) in [7, 11) is 0. The molecule has 0 amide bonds. The predicted octanol–water partition coefficient (Wildman–Crippen LogP) is 2.91. The van der Waals surface area contributed by atoms with Crippen molar-refractivity contribution in [1.29, 1.82) is 0 Å². The van der Waals surface area contributed by atoms with E-state index in [9.17, 15) is 4.39 Å². The molecule has 19 heavy (non-hydrogen) atoms. The van der Waals surface area contributed by atoms with E-state index in [0.29, 0.717) is 11.8 Å². The lowest BCUT2D eigenvalue weighted by Gasteiger charge is -2.16. The molecule has 0 unspecified atom stereocenters. The molecule has 2 heterocycles. The number of hydrogen-bond donors (Lipinski definition) is 1. The van der Waals surface area contributed by atoms with Gasteiger partial charge in [0.2, 0.25) is 0 Å². The van der Waals surface area contributed by atoms with E-state index in [1.54, 1.807) is 12.1 Å². The first-order valence-corrected chi connectivity index (χ1v) is 7.07. The maximum Gasteiger partial charge on any atom is 0.125 e. The van der Waals surface area contributed by atoms with E-state index in [1.165, 1.54) is 6.07 Å². The third-order valence-electron chi connectivity index (χ3n) is 4.04. The Morgan fingerprint density at radius 2 is 2.26 bits per heavy atom. The summed E-state index contributed by atoms with van der Waals surface area (Å²) in [6.45, 7) is 7.30. The van der Waals surface area contributed by atoms with Crippen LogP contribution in [0.3, 0.4) is 0 Å². The van der Waals surface area contributed by atoms with Crippen molar-refractivity contribution in [1.82, 2.24) is 14.9 Å². The Bertz CT molecular complexity index is 590. The number of aromatic nitrogens is 2. The minimum Gasteiger partial charge on any atom is -0.328 e. The fraction of sp³-hybridized carbons (Fsp3) is 0.533. The molecule has 1 aliphatic rings. The number of nitrogens with zero attached hydrogens (tertiary/aromatic N) is 2. The Hall–Kier alpha value is -1.42. The van der Waals surface area contributed by atoms with E-state index in [2.05, 4.69) is 23.7 Å². The molecule has 4 heteroatoms. The van der Waals surface area contributed by atoms with Crippen LogP contribution in [0.15, 0.2) is 18.2 Å². The van der Waals surface area contributed by atoms with E-state index in [4.69, 9.17) is 4.98 Å². The second kappa shape index (κ2) is 4.93. The summed E-state index contributed by atoms with van der Waals surface area (Å²) in [5.74, 6) is 1.94.